The molecular formula is C19H18F3NO. The first-order chi connectivity index (χ1) is 11.5. The van der Waals surface area contributed by atoms with Gasteiger partial charge in [0, 0.05) is 17.8 Å². The summed E-state index contributed by atoms with van der Waals surface area (Å²) in [5.74, 6) is 0.749. The number of alkyl halides is 3. The van der Waals surface area contributed by atoms with Gasteiger partial charge in [-0.25, -0.2) is 0 Å². The molecule has 0 saturated heterocycles. The molecule has 1 aromatic heterocycles. The zero-order valence-corrected chi connectivity index (χ0v) is 13.1. The number of hydrogen-bond acceptors (Lipinski definition) is 2. The van der Waals surface area contributed by atoms with Crippen LogP contribution in [0, 0.1) is 5.92 Å². The number of aromatic nitrogens is 1. The molecule has 0 spiro atoms. The van der Waals surface area contributed by atoms with Gasteiger partial charge in [0.05, 0.1) is 0 Å². The van der Waals surface area contributed by atoms with Crippen LogP contribution in [0.5, 0.6) is 5.75 Å². The highest BCUT2D eigenvalue weighted by Gasteiger charge is 2.43. The topological polar surface area (TPSA) is 22.1 Å². The van der Waals surface area contributed by atoms with Crippen molar-refractivity contribution in [3.05, 3.63) is 59.4 Å². The molecule has 126 valence electrons. The van der Waals surface area contributed by atoms with Crippen molar-refractivity contribution in [1.29, 1.82) is 0 Å². The van der Waals surface area contributed by atoms with Gasteiger partial charge in [0.2, 0.25) is 0 Å². The lowest BCUT2D eigenvalue weighted by atomic mass is 9.63. The Morgan fingerprint density at radius 1 is 0.958 bits per heavy atom. The second-order valence-corrected chi connectivity index (χ2v) is 6.63. The van der Waals surface area contributed by atoms with Crippen LogP contribution in [0.2, 0.25) is 0 Å². The zero-order valence-electron chi connectivity index (χ0n) is 13.1. The van der Waals surface area contributed by atoms with Crippen LogP contribution >= 0.6 is 0 Å². The van der Waals surface area contributed by atoms with Crippen molar-refractivity contribution in [3.8, 4) is 5.75 Å². The maximum atomic E-state index is 12.7. The molecular weight excluding hydrogens is 315 g/mol. The van der Waals surface area contributed by atoms with Crippen molar-refractivity contribution < 1.29 is 17.9 Å². The Morgan fingerprint density at radius 2 is 1.79 bits per heavy atom. The predicted molar refractivity (Wildman–Crippen MR) is 83.9 cm³/mol. The molecule has 0 aliphatic heterocycles. The van der Waals surface area contributed by atoms with Gasteiger partial charge in [-0.15, -0.1) is 13.2 Å². The number of rotatable bonds is 3. The van der Waals surface area contributed by atoms with Crippen molar-refractivity contribution >= 4 is 0 Å². The summed E-state index contributed by atoms with van der Waals surface area (Å²) in [6, 6.07) is 10.6. The first-order valence-corrected chi connectivity index (χ1v) is 8.31. The van der Waals surface area contributed by atoms with Gasteiger partial charge in [-0.3, -0.25) is 4.98 Å². The number of para-hydroxylation sites is 1. The average Bonchev–Trinajstić information content (AvgIpc) is 2.91. The van der Waals surface area contributed by atoms with Gasteiger partial charge in [-0.1, -0.05) is 24.3 Å². The Balaban J connectivity index is 1.61. The normalized spacial score (nSPS) is 25.9. The molecule has 24 heavy (non-hydrogen) atoms. The second kappa shape index (κ2) is 5.80. The standard InChI is InChI=1S/C19H18F3NO/c20-19(21,22)24-17-6-2-1-5-15(17)13-9-10-14(13)16-8-7-12-4-3-11-23-18(12)16/h1-6,11,13-14,16H,7-10H2. The summed E-state index contributed by atoms with van der Waals surface area (Å²) in [7, 11) is 0. The molecule has 1 heterocycles. The number of aryl methyl sites for hydroxylation is 1. The molecule has 4 rings (SSSR count). The highest BCUT2D eigenvalue weighted by atomic mass is 19.4. The van der Waals surface area contributed by atoms with E-state index in [1.54, 1.807) is 18.2 Å². The third-order valence-corrected chi connectivity index (χ3v) is 5.39. The molecule has 3 unspecified atom stereocenters. The van der Waals surface area contributed by atoms with E-state index in [1.807, 2.05) is 12.3 Å². The summed E-state index contributed by atoms with van der Waals surface area (Å²) in [6.07, 6.45) is 1.14. The van der Waals surface area contributed by atoms with Crippen molar-refractivity contribution in [2.75, 3.05) is 0 Å². The lowest BCUT2D eigenvalue weighted by Gasteiger charge is -2.41. The quantitative estimate of drug-likeness (QED) is 0.770. The van der Waals surface area contributed by atoms with E-state index in [0.29, 0.717) is 17.4 Å². The van der Waals surface area contributed by atoms with Gasteiger partial charge in [0.1, 0.15) is 5.75 Å². The zero-order chi connectivity index (χ0) is 16.7. The third kappa shape index (κ3) is 2.76. The lowest BCUT2D eigenvalue weighted by molar-refractivity contribution is -0.275. The van der Waals surface area contributed by atoms with E-state index in [2.05, 4.69) is 15.8 Å². The van der Waals surface area contributed by atoms with Crippen LogP contribution < -0.4 is 4.74 Å². The van der Waals surface area contributed by atoms with Crippen LogP contribution in [0.15, 0.2) is 42.6 Å². The number of halogens is 3. The van der Waals surface area contributed by atoms with Crippen LogP contribution in [0.3, 0.4) is 0 Å². The maximum absolute atomic E-state index is 12.7. The Kier molecular flexibility index (Phi) is 3.74. The van der Waals surface area contributed by atoms with E-state index in [-0.39, 0.29) is 11.7 Å². The van der Waals surface area contributed by atoms with Gasteiger partial charge < -0.3 is 4.74 Å². The first-order valence-electron chi connectivity index (χ1n) is 8.31. The molecule has 2 aliphatic carbocycles. The van der Waals surface area contributed by atoms with E-state index in [9.17, 15) is 13.2 Å². The predicted octanol–water partition coefficient (Wildman–Crippen LogP) is 5.20. The summed E-state index contributed by atoms with van der Waals surface area (Å²) in [4.78, 5) is 4.54. The molecule has 1 fully saturated rings. The van der Waals surface area contributed by atoms with Crippen LogP contribution in [0.1, 0.15) is 47.9 Å². The van der Waals surface area contributed by atoms with Gasteiger partial charge in [-0.2, -0.15) is 0 Å². The smallest absolute Gasteiger partial charge is 0.405 e. The fourth-order valence-electron chi connectivity index (χ4n) is 4.26. The number of fused-ring (bicyclic) bond motifs is 1. The second-order valence-electron chi connectivity index (χ2n) is 6.63. The highest BCUT2D eigenvalue weighted by molar-refractivity contribution is 5.40. The SMILES string of the molecule is FC(F)(F)Oc1ccccc1C1CCC1C1CCc2cccnc21. The molecule has 2 aromatic rings. The maximum Gasteiger partial charge on any atom is 0.573 e. The Morgan fingerprint density at radius 3 is 2.54 bits per heavy atom. The lowest BCUT2D eigenvalue weighted by Crippen LogP contribution is -2.30. The molecule has 5 heteroatoms. The van der Waals surface area contributed by atoms with Crippen molar-refractivity contribution in [3.63, 3.8) is 0 Å². The molecule has 0 amide bonds. The van der Waals surface area contributed by atoms with Crippen molar-refractivity contribution in [2.24, 2.45) is 5.92 Å². The number of ether oxygens (including phenoxy) is 1. The van der Waals surface area contributed by atoms with Gasteiger partial charge >= 0.3 is 6.36 Å². The number of nitrogens with zero attached hydrogens (tertiary/aromatic N) is 1. The van der Waals surface area contributed by atoms with Gasteiger partial charge in [0.25, 0.3) is 0 Å². The van der Waals surface area contributed by atoms with Crippen molar-refractivity contribution in [1.82, 2.24) is 4.98 Å². The molecule has 2 aliphatic rings. The average molecular weight is 333 g/mol. The Bertz CT molecular complexity index is 743. The first kappa shape index (κ1) is 15.5. The van der Waals surface area contributed by atoms with E-state index < -0.39 is 6.36 Å². The van der Waals surface area contributed by atoms with E-state index >= 15 is 0 Å². The summed E-state index contributed by atoms with van der Waals surface area (Å²) in [5.41, 5.74) is 3.10. The van der Waals surface area contributed by atoms with Crippen molar-refractivity contribution in [2.45, 2.75) is 43.9 Å². The summed E-state index contributed by atoms with van der Waals surface area (Å²) >= 11 is 0. The largest absolute Gasteiger partial charge is 0.573 e. The summed E-state index contributed by atoms with van der Waals surface area (Å²) in [5, 5.41) is 0. The fraction of sp³-hybridized carbons (Fsp3) is 0.421. The summed E-state index contributed by atoms with van der Waals surface area (Å²) < 4.78 is 42.3. The van der Waals surface area contributed by atoms with Gasteiger partial charge in [-0.05, 0) is 60.8 Å². The highest BCUT2D eigenvalue weighted by Crippen LogP contribution is 2.55. The van der Waals surface area contributed by atoms with E-state index in [0.717, 1.165) is 31.4 Å². The van der Waals surface area contributed by atoms with E-state index in [4.69, 9.17) is 0 Å². The number of pyridine rings is 1. The molecule has 0 bridgehead atoms. The molecule has 0 N–H and O–H groups in total. The Hall–Kier alpha value is -2.04. The number of hydrogen-bond donors (Lipinski definition) is 0. The minimum Gasteiger partial charge on any atom is -0.405 e. The van der Waals surface area contributed by atoms with Crippen LogP contribution in [0.4, 0.5) is 13.2 Å². The minimum absolute atomic E-state index is 0.0565. The summed E-state index contributed by atoms with van der Waals surface area (Å²) in [6.45, 7) is 0. The van der Waals surface area contributed by atoms with Crippen LogP contribution in [-0.2, 0) is 6.42 Å². The fourth-order valence-corrected chi connectivity index (χ4v) is 4.26. The molecule has 1 saturated carbocycles. The van der Waals surface area contributed by atoms with Crippen LogP contribution in [-0.4, -0.2) is 11.3 Å². The molecule has 2 nitrogen and oxygen atoms in total. The molecule has 3 atom stereocenters. The molecule has 1 aromatic carbocycles. The minimum atomic E-state index is -4.66. The Labute approximate surface area is 138 Å². The third-order valence-electron chi connectivity index (χ3n) is 5.39. The van der Waals surface area contributed by atoms with E-state index in [1.165, 1.54) is 11.6 Å². The van der Waals surface area contributed by atoms with Crippen LogP contribution in [0.25, 0.3) is 0 Å². The monoisotopic (exact) mass is 333 g/mol. The van der Waals surface area contributed by atoms with Gasteiger partial charge in [0.15, 0.2) is 0 Å². The number of benzene rings is 1. The molecule has 0 radical (unpaired) electrons.